The van der Waals surface area contributed by atoms with E-state index in [-0.39, 0.29) is 17.6 Å². The molecule has 0 unspecified atom stereocenters. The highest BCUT2D eigenvalue weighted by Gasteiger charge is 2.17. The maximum Gasteiger partial charge on any atom is 0.329 e. The van der Waals surface area contributed by atoms with E-state index in [2.05, 4.69) is 9.97 Å². The molecule has 2 N–H and O–H groups in total. The van der Waals surface area contributed by atoms with E-state index in [0.717, 1.165) is 11.0 Å². The van der Waals surface area contributed by atoms with E-state index in [0.29, 0.717) is 25.1 Å². The van der Waals surface area contributed by atoms with Crippen LogP contribution in [0.4, 0.5) is 0 Å². The first-order valence-corrected chi connectivity index (χ1v) is 6.92. The van der Waals surface area contributed by atoms with Gasteiger partial charge in [-0.2, -0.15) is 4.73 Å². The highest BCUT2D eigenvalue weighted by atomic mass is 16.6. The van der Waals surface area contributed by atoms with Gasteiger partial charge in [-0.15, -0.1) is 0 Å². The monoisotopic (exact) mass is 310 g/mol. The minimum absolute atomic E-state index is 0.133. The third-order valence-corrected chi connectivity index (χ3v) is 3.41. The number of H-pyrrole nitrogens is 1. The minimum atomic E-state index is -0.815. The Morgan fingerprint density at radius 1 is 1.32 bits per heavy atom. The normalized spacial score (nSPS) is 11.0. The number of nitrogens with zero attached hydrogens (tertiary/aromatic N) is 3. The van der Waals surface area contributed by atoms with E-state index in [1.807, 2.05) is 0 Å². The molecule has 9 nitrogen and oxygen atoms in total. The van der Waals surface area contributed by atoms with Crippen molar-refractivity contribution in [1.29, 1.82) is 0 Å². The fraction of sp³-hybridized carbons (Fsp3) is 0.538. The Kier molecular flexibility index (Phi) is 4.64. The Morgan fingerprint density at radius 3 is 2.68 bits per heavy atom. The average Bonchev–Trinajstić information content (AvgIpc) is 2.81. The van der Waals surface area contributed by atoms with Gasteiger partial charge in [0.2, 0.25) is 0 Å². The lowest BCUT2D eigenvalue weighted by Gasteiger charge is -2.06. The quantitative estimate of drug-likeness (QED) is 0.676. The highest BCUT2D eigenvalue weighted by Crippen LogP contribution is 2.11. The lowest BCUT2D eigenvalue weighted by Crippen LogP contribution is -2.33. The zero-order valence-electron chi connectivity index (χ0n) is 12.5. The van der Waals surface area contributed by atoms with Crippen LogP contribution in [0, 0.1) is 0 Å². The maximum atomic E-state index is 12.1. The molecule has 2 aromatic heterocycles. The van der Waals surface area contributed by atoms with Gasteiger partial charge in [-0.1, -0.05) is 6.42 Å². The number of hydrogen-bond donors (Lipinski definition) is 2. The molecule has 120 valence electrons. The third-order valence-electron chi connectivity index (χ3n) is 3.41. The third kappa shape index (κ3) is 3.02. The van der Waals surface area contributed by atoms with Crippen molar-refractivity contribution in [3.8, 4) is 0 Å². The number of nitrogens with one attached hydrogen (secondary N) is 1. The van der Waals surface area contributed by atoms with E-state index in [9.17, 15) is 14.4 Å². The topological polar surface area (TPSA) is 119 Å². The molecule has 0 radical (unpaired) electrons. The number of hydrogen-bond acceptors (Lipinski definition) is 5. The molecule has 2 rings (SSSR count). The average molecular weight is 310 g/mol. The van der Waals surface area contributed by atoms with Crippen LogP contribution in [-0.4, -0.2) is 37.5 Å². The summed E-state index contributed by atoms with van der Waals surface area (Å²) < 4.78 is 2.26. The summed E-state index contributed by atoms with van der Waals surface area (Å²) in [4.78, 5) is 46.1. The number of imidazole rings is 1. The molecular weight excluding hydrogens is 292 g/mol. The highest BCUT2D eigenvalue weighted by molar-refractivity contribution is 5.69. The molecule has 0 bridgehead atoms. The van der Waals surface area contributed by atoms with Crippen LogP contribution in [0.25, 0.3) is 11.2 Å². The lowest BCUT2D eigenvalue weighted by molar-refractivity contribution is -0.137. The maximum absolute atomic E-state index is 12.1. The van der Waals surface area contributed by atoms with Gasteiger partial charge in [-0.25, -0.2) is 9.78 Å². The number of carbonyl (C=O) groups is 1. The number of aliphatic carboxylic acids is 1. The van der Waals surface area contributed by atoms with E-state index in [4.69, 9.17) is 9.94 Å². The second-order valence-corrected chi connectivity index (χ2v) is 4.95. The zero-order valence-corrected chi connectivity index (χ0v) is 12.5. The van der Waals surface area contributed by atoms with Crippen molar-refractivity contribution < 1.29 is 14.7 Å². The van der Waals surface area contributed by atoms with Crippen LogP contribution in [0.15, 0.2) is 9.59 Å². The summed E-state index contributed by atoms with van der Waals surface area (Å²) in [5.41, 5.74) is -0.642. The second-order valence-electron chi connectivity index (χ2n) is 4.95. The first-order valence-electron chi connectivity index (χ1n) is 6.92. The van der Waals surface area contributed by atoms with Crippen LogP contribution >= 0.6 is 0 Å². The largest absolute Gasteiger partial charge is 0.481 e. The Bertz CT molecular complexity index is 801. The molecule has 0 fully saturated rings. The molecule has 0 aliphatic heterocycles. The Labute approximate surface area is 125 Å². The van der Waals surface area contributed by atoms with Crippen LogP contribution in [0.5, 0.6) is 0 Å². The van der Waals surface area contributed by atoms with Crippen molar-refractivity contribution in [3.05, 3.63) is 26.7 Å². The molecule has 2 aromatic rings. The van der Waals surface area contributed by atoms with Crippen molar-refractivity contribution in [1.82, 2.24) is 19.3 Å². The number of rotatable bonds is 7. The zero-order chi connectivity index (χ0) is 16.3. The molecule has 0 spiro atoms. The molecule has 0 aliphatic rings. The Balaban J connectivity index is 2.24. The van der Waals surface area contributed by atoms with E-state index in [1.165, 1.54) is 18.9 Å². The van der Waals surface area contributed by atoms with Gasteiger partial charge in [0.1, 0.15) is 12.9 Å². The summed E-state index contributed by atoms with van der Waals surface area (Å²) in [6, 6.07) is 0. The summed E-state index contributed by atoms with van der Waals surface area (Å²) in [6.45, 7) is 0. The van der Waals surface area contributed by atoms with Crippen LogP contribution in [0.3, 0.4) is 0 Å². The smallest absolute Gasteiger partial charge is 0.329 e. The number of carboxylic acid groups (broad SMARTS) is 1. The molecule has 9 heteroatoms. The summed E-state index contributed by atoms with van der Waals surface area (Å²) in [5.74, 6) is -0.294. The molecule has 2 heterocycles. The number of unbranched alkanes of at least 4 members (excludes halogenated alkanes) is 2. The summed E-state index contributed by atoms with van der Waals surface area (Å²) in [7, 11) is 2.79. The van der Waals surface area contributed by atoms with Crippen molar-refractivity contribution in [3.63, 3.8) is 0 Å². The summed E-state index contributed by atoms with van der Waals surface area (Å²) in [5, 5.41) is 8.58. The van der Waals surface area contributed by atoms with Gasteiger partial charge in [-0.3, -0.25) is 19.1 Å². The van der Waals surface area contributed by atoms with Crippen LogP contribution in [-0.2, 0) is 18.3 Å². The van der Waals surface area contributed by atoms with Gasteiger partial charge in [0.05, 0.1) is 0 Å². The fourth-order valence-corrected chi connectivity index (χ4v) is 2.25. The Hall–Kier alpha value is -2.58. The van der Waals surface area contributed by atoms with Gasteiger partial charge in [0.15, 0.2) is 11.2 Å². The molecule has 0 aliphatic carbocycles. The molecular formula is C13H18N4O5. The molecule has 0 aromatic carbocycles. The van der Waals surface area contributed by atoms with Gasteiger partial charge in [0, 0.05) is 19.9 Å². The predicted molar refractivity (Wildman–Crippen MR) is 77.9 cm³/mol. The lowest BCUT2D eigenvalue weighted by atomic mass is 10.1. The van der Waals surface area contributed by atoms with Crippen LogP contribution in [0.2, 0.25) is 0 Å². The van der Waals surface area contributed by atoms with Gasteiger partial charge in [-0.05, 0) is 12.8 Å². The summed E-state index contributed by atoms with van der Waals surface area (Å²) in [6.07, 6.45) is 2.68. The number of carboxylic acids is 1. The number of fused-ring (bicyclic) bond motifs is 1. The number of aromatic nitrogens is 4. The van der Waals surface area contributed by atoms with E-state index >= 15 is 0 Å². The van der Waals surface area contributed by atoms with Gasteiger partial charge >= 0.3 is 11.7 Å². The Morgan fingerprint density at radius 2 is 2.05 bits per heavy atom. The van der Waals surface area contributed by atoms with Crippen LogP contribution < -0.4 is 16.1 Å². The molecule has 0 atom stereocenters. The first-order chi connectivity index (χ1) is 10.5. The molecule has 0 saturated carbocycles. The van der Waals surface area contributed by atoms with Crippen molar-refractivity contribution >= 4 is 17.1 Å². The van der Waals surface area contributed by atoms with E-state index < -0.39 is 17.2 Å². The van der Waals surface area contributed by atoms with Crippen LogP contribution in [0.1, 0.15) is 31.5 Å². The number of aromatic amines is 1. The fourth-order valence-electron chi connectivity index (χ4n) is 2.25. The molecule has 0 saturated heterocycles. The van der Waals surface area contributed by atoms with Crippen molar-refractivity contribution in [2.45, 2.75) is 32.1 Å². The van der Waals surface area contributed by atoms with Crippen molar-refractivity contribution in [2.24, 2.45) is 7.05 Å². The summed E-state index contributed by atoms with van der Waals surface area (Å²) >= 11 is 0. The van der Waals surface area contributed by atoms with Crippen molar-refractivity contribution in [2.75, 3.05) is 7.11 Å². The number of aryl methyl sites for hydroxylation is 1. The molecule has 22 heavy (non-hydrogen) atoms. The van der Waals surface area contributed by atoms with Gasteiger partial charge < -0.3 is 9.94 Å². The van der Waals surface area contributed by atoms with Gasteiger partial charge in [0.25, 0.3) is 5.56 Å². The van der Waals surface area contributed by atoms with E-state index in [1.54, 1.807) is 0 Å². The predicted octanol–water partition coefficient (Wildman–Crippen LogP) is -0.331. The standard InChI is InChI=1S/C13H18N4O5/c1-16-12(20)10-11(15-13(16)21)14-8(17(10)22-2)6-4-3-5-7-9(18)19/h3-7H2,1-2H3,(H,15,21)(H,18,19). The SMILES string of the molecule is COn1c(CCCCCC(=O)O)nc2[nH]c(=O)n(C)c(=O)c21. The second kappa shape index (κ2) is 6.46. The minimum Gasteiger partial charge on any atom is -0.481 e. The first kappa shape index (κ1) is 15.8. The molecule has 0 amide bonds.